The lowest BCUT2D eigenvalue weighted by Crippen LogP contribution is -2.40. The Labute approximate surface area is 276 Å². The maximum absolute atomic E-state index is 14.1. The topological polar surface area (TPSA) is 126 Å². The van der Waals surface area contributed by atoms with Crippen LogP contribution in [0.5, 0.6) is 17.2 Å². The molecule has 1 aromatic heterocycles. The summed E-state index contributed by atoms with van der Waals surface area (Å²) in [6.07, 6.45) is 3.08. The highest BCUT2D eigenvalue weighted by Gasteiger charge is 2.35. The van der Waals surface area contributed by atoms with Gasteiger partial charge in [0.1, 0.15) is 12.4 Å². The first-order chi connectivity index (χ1) is 22.3. The molecule has 3 aromatic carbocycles. The highest BCUT2D eigenvalue weighted by Crippen LogP contribution is 2.39. The number of nitrogens with zero attached hydrogens (tertiary/aromatic N) is 2. The molecule has 1 atom stereocenters. The molecule has 0 fully saturated rings. The number of carboxylic acids is 1. The Morgan fingerprint density at radius 3 is 2.59 bits per heavy atom. The van der Waals surface area contributed by atoms with Gasteiger partial charge in [-0.2, -0.15) is 0 Å². The number of thiazole rings is 1. The Kier molecular flexibility index (Phi) is 9.09. The summed E-state index contributed by atoms with van der Waals surface area (Å²) in [5, 5.41) is 9.10. The Bertz CT molecular complexity index is 2050. The molecule has 2 aliphatic rings. The highest BCUT2D eigenvalue weighted by molar-refractivity contribution is 9.10. The second-order valence-electron chi connectivity index (χ2n) is 10.5. The summed E-state index contributed by atoms with van der Waals surface area (Å²) in [4.78, 5) is 43.9. The molecule has 0 saturated carbocycles. The minimum atomic E-state index is -0.984. The predicted molar refractivity (Wildman–Crippen MR) is 174 cm³/mol. The summed E-state index contributed by atoms with van der Waals surface area (Å²) in [6, 6.07) is 16.6. The first kappa shape index (κ1) is 31.3. The molecular weight excluding hydrogens is 676 g/mol. The number of fused-ring (bicyclic) bond motifs is 2. The van der Waals surface area contributed by atoms with Gasteiger partial charge in [0.15, 0.2) is 16.3 Å². The van der Waals surface area contributed by atoms with Crippen LogP contribution in [-0.4, -0.2) is 35.0 Å². The van der Waals surface area contributed by atoms with E-state index in [4.69, 9.17) is 29.0 Å². The van der Waals surface area contributed by atoms with Crippen molar-refractivity contribution in [3.05, 3.63) is 118 Å². The zero-order valence-corrected chi connectivity index (χ0v) is 27.4. The number of aromatic carboxylic acids is 1. The summed E-state index contributed by atoms with van der Waals surface area (Å²) in [6.45, 7) is 4.29. The molecule has 4 aromatic rings. The van der Waals surface area contributed by atoms with Crippen LogP contribution in [0.4, 0.5) is 0 Å². The van der Waals surface area contributed by atoms with Gasteiger partial charge in [-0.1, -0.05) is 48.9 Å². The van der Waals surface area contributed by atoms with E-state index >= 15 is 0 Å². The smallest absolute Gasteiger partial charge is 0.338 e. The van der Waals surface area contributed by atoms with Crippen molar-refractivity contribution in [1.82, 2.24) is 4.57 Å². The number of hydrogen-bond donors (Lipinski definition) is 1. The summed E-state index contributed by atoms with van der Waals surface area (Å²) in [5.74, 6) is 0.237. The minimum absolute atomic E-state index is 0.0997. The number of halogens is 1. The van der Waals surface area contributed by atoms with Crippen LogP contribution >= 0.6 is 27.3 Å². The molecule has 236 valence electrons. The van der Waals surface area contributed by atoms with Crippen LogP contribution in [0.25, 0.3) is 6.08 Å². The average molecular weight is 706 g/mol. The van der Waals surface area contributed by atoms with Crippen LogP contribution in [0.2, 0.25) is 0 Å². The van der Waals surface area contributed by atoms with Crippen LogP contribution in [0, 0.1) is 0 Å². The number of aromatic nitrogens is 1. The molecule has 3 heterocycles. The fourth-order valence-electron chi connectivity index (χ4n) is 5.30. The van der Waals surface area contributed by atoms with E-state index in [9.17, 15) is 14.4 Å². The van der Waals surface area contributed by atoms with E-state index in [1.54, 1.807) is 47.9 Å². The lowest BCUT2D eigenvalue weighted by molar-refractivity contribution is -0.139. The lowest BCUT2D eigenvalue weighted by Gasteiger charge is -2.25. The predicted octanol–water partition coefficient (Wildman–Crippen LogP) is 5.35. The van der Waals surface area contributed by atoms with Gasteiger partial charge in [-0.05, 0) is 88.4 Å². The van der Waals surface area contributed by atoms with Crippen molar-refractivity contribution in [3.63, 3.8) is 0 Å². The molecule has 2 aliphatic heterocycles. The third kappa shape index (κ3) is 6.22. The molecule has 0 radical (unpaired) electrons. The number of carbonyl (C=O) groups excluding carboxylic acids is 1. The van der Waals surface area contributed by atoms with Crippen molar-refractivity contribution < 1.29 is 33.6 Å². The van der Waals surface area contributed by atoms with E-state index in [0.29, 0.717) is 54.3 Å². The number of carboxylic acid groups (broad SMARTS) is 1. The van der Waals surface area contributed by atoms with Gasteiger partial charge in [0.2, 0.25) is 6.79 Å². The van der Waals surface area contributed by atoms with E-state index in [1.165, 1.54) is 23.5 Å². The number of ether oxygens (including phenoxy) is 4. The van der Waals surface area contributed by atoms with E-state index in [0.717, 1.165) is 17.5 Å². The average Bonchev–Trinajstić information content (AvgIpc) is 3.64. The fraction of sp³-hybridized carbons (Fsp3) is 0.235. The molecule has 0 spiro atoms. The molecule has 0 aliphatic carbocycles. The summed E-state index contributed by atoms with van der Waals surface area (Å²) in [5.41, 5.74) is 3.12. The molecule has 6 rings (SSSR count). The molecule has 0 bridgehead atoms. The van der Waals surface area contributed by atoms with Crippen molar-refractivity contribution in [3.8, 4) is 17.2 Å². The molecular formula is C34H29BrN2O8S. The third-order valence-corrected chi connectivity index (χ3v) is 9.06. The number of rotatable bonds is 10. The number of hydrogen-bond acceptors (Lipinski definition) is 9. The number of allylic oxidation sites excluding steroid dienone is 1. The van der Waals surface area contributed by atoms with Crippen molar-refractivity contribution >= 4 is 45.3 Å². The van der Waals surface area contributed by atoms with Crippen LogP contribution in [0.15, 0.2) is 86.2 Å². The first-order valence-electron chi connectivity index (χ1n) is 14.6. The van der Waals surface area contributed by atoms with Crippen molar-refractivity contribution in [1.29, 1.82) is 0 Å². The molecule has 12 heteroatoms. The fourth-order valence-corrected chi connectivity index (χ4v) is 6.83. The van der Waals surface area contributed by atoms with Crippen LogP contribution in [0.1, 0.15) is 59.8 Å². The Morgan fingerprint density at radius 1 is 1.09 bits per heavy atom. The standard InChI is InChI=1S/C34H29BrN2O8S/c1-3-5-24-29(33(41)42-4-2)30(22-11-13-26-27(16-22)45-18-44-26)37-31(38)28(46-34(37)36-24)15-20-8-12-25(23(35)14-20)43-17-19-6-9-21(10-7-19)32(39)40/h6-16,30H,3-5,17-18H2,1-2H3,(H,39,40)/b28-15+/t30-/m1/s1. The van der Waals surface area contributed by atoms with Gasteiger partial charge in [-0.3, -0.25) is 9.36 Å². The Balaban J connectivity index is 1.37. The number of esters is 1. The van der Waals surface area contributed by atoms with Gasteiger partial charge >= 0.3 is 11.9 Å². The first-order valence-corrected chi connectivity index (χ1v) is 16.2. The normalized spacial score (nSPS) is 15.4. The maximum atomic E-state index is 14.1. The van der Waals surface area contributed by atoms with Gasteiger partial charge in [-0.25, -0.2) is 14.6 Å². The highest BCUT2D eigenvalue weighted by atomic mass is 79.9. The monoisotopic (exact) mass is 704 g/mol. The maximum Gasteiger partial charge on any atom is 0.338 e. The Morgan fingerprint density at radius 2 is 1.87 bits per heavy atom. The second kappa shape index (κ2) is 13.4. The molecule has 1 N–H and O–H groups in total. The van der Waals surface area contributed by atoms with Crippen molar-refractivity contribution in [2.45, 2.75) is 39.3 Å². The summed E-state index contributed by atoms with van der Waals surface area (Å²) in [7, 11) is 0. The van der Waals surface area contributed by atoms with Crippen molar-refractivity contribution in [2.24, 2.45) is 4.99 Å². The Hall–Kier alpha value is -4.68. The van der Waals surface area contributed by atoms with Gasteiger partial charge in [0.05, 0.1) is 38.5 Å². The molecule has 10 nitrogen and oxygen atoms in total. The largest absolute Gasteiger partial charge is 0.488 e. The van der Waals surface area contributed by atoms with E-state index in [-0.39, 0.29) is 31.1 Å². The molecule has 0 amide bonds. The lowest BCUT2D eigenvalue weighted by atomic mass is 9.94. The molecule has 0 saturated heterocycles. The van der Waals surface area contributed by atoms with Crippen molar-refractivity contribution in [2.75, 3.05) is 13.4 Å². The van der Waals surface area contributed by atoms with E-state index in [2.05, 4.69) is 15.9 Å². The summed E-state index contributed by atoms with van der Waals surface area (Å²) < 4.78 is 25.2. The zero-order valence-electron chi connectivity index (χ0n) is 24.9. The van der Waals surface area contributed by atoms with Crippen LogP contribution in [0.3, 0.4) is 0 Å². The van der Waals surface area contributed by atoms with Gasteiger partial charge < -0.3 is 24.1 Å². The molecule has 46 heavy (non-hydrogen) atoms. The third-order valence-electron chi connectivity index (χ3n) is 7.45. The number of carbonyl (C=O) groups is 2. The van der Waals surface area contributed by atoms with Gasteiger partial charge in [0.25, 0.3) is 5.56 Å². The second-order valence-corrected chi connectivity index (χ2v) is 12.4. The van der Waals surface area contributed by atoms with Crippen LogP contribution in [-0.2, 0) is 16.1 Å². The summed E-state index contributed by atoms with van der Waals surface area (Å²) >= 11 is 4.82. The quantitative estimate of drug-likeness (QED) is 0.219. The van der Waals surface area contributed by atoms with Gasteiger partial charge in [0, 0.05) is 0 Å². The minimum Gasteiger partial charge on any atom is -0.488 e. The van der Waals surface area contributed by atoms with Gasteiger partial charge in [-0.15, -0.1) is 0 Å². The SMILES string of the molecule is CCCC1=C(C(=O)OCC)[C@@H](c2ccc3c(c2)OCO3)n2c(s/c(=C/c3ccc(OCc4ccc(C(=O)O)cc4)c(Br)c3)c2=O)=N1. The number of benzene rings is 3. The van der Waals surface area contributed by atoms with Crippen LogP contribution < -0.4 is 29.1 Å². The zero-order chi connectivity index (χ0) is 32.4. The van der Waals surface area contributed by atoms with E-state index in [1.807, 2.05) is 25.1 Å². The van der Waals surface area contributed by atoms with E-state index < -0.39 is 18.0 Å². The molecule has 0 unspecified atom stereocenters.